The molecule has 1 N–H and O–H groups in total. The van der Waals surface area contributed by atoms with E-state index >= 15 is 0 Å². The van der Waals surface area contributed by atoms with E-state index in [1.165, 1.54) is 25.7 Å². The monoisotopic (exact) mass is 225 g/mol. The minimum absolute atomic E-state index is 0.0865. The number of ether oxygens (including phenoxy) is 1. The molecule has 0 saturated heterocycles. The van der Waals surface area contributed by atoms with Crippen LogP contribution in [0.15, 0.2) is 0 Å². The lowest BCUT2D eigenvalue weighted by molar-refractivity contribution is -0.145. The SMILES string of the molecule is CCOC(=O)C(CC)NCC1(C2CC2)CC1. The lowest BCUT2D eigenvalue weighted by Crippen LogP contribution is -2.41. The van der Waals surface area contributed by atoms with Crippen molar-refractivity contribution >= 4 is 5.97 Å². The topological polar surface area (TPSA) is 38.3 Å². The van der Waals surface area contributed by atoms with Crippen LogP contribution in [0.3, 0.4) is 0 Å². The number of nitrogens with one attached hydrogen (secondary N) is 1. The Balaban J connectivity index is 1.76. The van der Waals surface area contributed by atoms with Gasteiger partial charge in [0.05, 0.1) is 6.61 Å². The second kappa shape index (κ2) is 4.74. The first-order valence-electron chi connectivity index (χ1n) is 6.62. The van der Waals surface area contributed by atoms with Gasteiger partial charge in [-0.05, 0) is 50.4 Å². The minimum Gasteiger partial charge on any atom is -0.465 e. The predicted octanol–water partition coefficient (Wildman–Crippen LogP) is 2.11. The maximum Gasteiger partial charge on any atom is 0.323 e. The summed E-state index contributed by atoms with van der Waals surface area (Å²) >= 11 is 0. The molecular formula is C13H23NO2. The maximum absolute atomic E-state index is 11.6. The molecule has 2 fully saturated rings. The van der Waals surface area contributed by atoms with E-state index in [0.717, 1.165) is 18.9 Å². The molecule has 0 aromatic carbocycles. The Morgan fingerprint density at radius 3 is 2.56 bits per heavy atom. The minimum atomic E-state index is -0.101. The molecule has 1 atom stereocenters. The van der Waals surface area contributed by atoms with Gasteiger partial charge < -0.3 is 10.1 Å². The standard InChI is InChI=1S/C13H23NO2/c1-3-11(12(15)16-4-2)14-9-13(7-8-13)10-5-6-10/h10-11,14H,3-9H2,1-2H3. The summed E-state index contributed by atoms with van der Waals surface area (Å²) < 4.78 is 5.06. The van der Waals surface area contributed by atoms with Crippen LogP contribution in [0, 0.1) is 11.3 Å². The molecule has 0 spiro atoms. The highest BCUT2D eigenvalue weighted by Crippen LogP contribution is 2.60. The first kappa shape index (κ1) is 11.9. The second-order valence-electron chi connectivity index (χ2n) is 5.23. The highest BCUT2D eigenvalue weighted by atomic mass is 16.5. The van der Waals surface area contributed by atoms with E-state index in [0.29, 0.717) is 12.0 Å². The molecule has 3 heteroatoms. The van der Waals surface area contributed by atoms with Gasteiger partial charge >= 0.3 is 5.97 Å². The van der Waals surface area contributed by atoms with Crippen molar-refractivity contribution in [2.75, 3.05) is 13.2 Å². The second-order valence-corrected chi connectivity index (χ2v) is 5.23. The summed E-state index contributed by atoms with van der Waals surface area (Å²) in [7, 11) is 0. The van der Waals surface area contributed by atoms with Gasteiger partial charge in [0.1, 0.15) is 6.04 Å². The van der Waals surface area contributed by atoms with Gasteiger partial charge in [0.25, 0.3) is 0 Å². The van der Waals surface area contributed by atoms with Gasteiger partial charge in [-0.15, -0.1) is 0 Å². The van der Waals surface area contributed by atoms with Crippen molar-refractivity contribution in [3.05, 3.63) is 0 Å². The highest BCUT2D eigenvalue weighted by Gasteiger charge is 2.53. The van der Waals surface area contributed by atoms with Crippen LogP contribution < -0.4 is 5.32 Å². The van der Waals surface area contributed by atoms with E-state index in [4.69, 9.17) is 4.74 Å². The molecular weight excluding hydrogens is 202 g/mol. The molecule has 0 bridgehead atoms. The van der Waals surface area contributed by atoms with Gasteiger partial charge in [0, 0.05) is 6.54 Å². The molecule has 2 aliphatic carbocycles. The number of hydrogen-bond donors (Lipinski definition) is 1. The van der Waals surface area contributed by atoms with Crippen LogP contribution in [-0.2, 0) is 9.53 Å². The summed E-state index contributed by atoms with van der Waals surface area (Å²) in [6.45, 7) is 5.38. The van der Waals surface area contributed by atoms with Gasteiger partial charge in [0.2, 0.25) is 0 Å². The van der Waals surface area contributed by atoms with Crippen molar-refractivity contribution in [2.24, 2.45) is 11.3 Å². The number of carbonyl (C=O) groups excluding carboxylic acids is 1. The van der Waals surface area contributed by atoms with Gasteiger partial charge in [0.15, 0.2) is 0 Å². The van der Waals surface area contributed by atoms with Crippen molar-refractivity contribution in [1.82, 2.24) is 5.32 Å². The van der Waals surface area contributed by atoms with Gasteiger partial charge in [-0.1, -0.05) is 6.92 Å². The molecule has 0 amide bonds. The average Bonchev–Trinajstić information content (AvgIpc) is 3.13. The van der Waals surface area contributed by atoms with Crippen LogP contribution in [0.4, 0.5) is 0 Å². The maximum atomic E-state index is 11.6. The fourth-order valence-corrected chi connectivity index (χ4v) is 2.55. The van der Waals surface area contributed by atoms with E-state index in [2.05, 4.69) is 5.32 Å². The number of hydrogen-bond acceptors (Lipinski definition) is 3. The van der Waals surface area contributed by atoms with E-state index in [1.54, 1.807) is 0 Å². The molecule has 0 aliphatic heterocycles. The van der Waals surface area contributed by atoms with Gasteiger partial charge in [-0.25, -0.2) is 0 Å². The normalized spacial score (nSPS) is 23.9. The van der Waals surface area contributed by atoms with Gasteiger partial charge in [-0.3, -0.25) is 4.79 Å². The molecule has 0 aromatic heterocycles. The molecule has 2 aliphatic rings. The largest absolute Gasteiger partial charge is 0.465 e. The first-order chi connectivity index (χ1) is 7.72. The lowest BCUT2D eigenvalue weighted by Gasteiger charge is -2.20. The number of rotatable bonds is 7. The third-order valence-electron chi connectivity index (χ3n) is 4.02. The Kier molecular flexibility index (Phi) is 3.53. The van der Waals surface area contributed by atoms with E-state index in [1.807, 2.05) is 13.8 Å². The van der Waals surface area contributed by atoms with Crippen molar-refractivity contribution in [3.63, 3.8) is 0 Å². The Bertz CT molecular complexity index is 257. The molecule has 2 rings (SSSR count). The summed E-state index contributed by atoms with van der Waals surface area (Å²) in [5, 5.41) is 3.40. The molecule has 1 unspecified atom stereocenters. The number of carbonyl (C=O) groups is 1. The third-order valence-corrected chi connectivity index (χ3v) is 4.02. The summed E-state index contributed by atoms with van der Waals surface area (Å²) in [4.78, 5) is 11.6. The van der Waals surface area contributed by atoms with Crippen molar-refractivity contribution in [3.8, 4) is 0 Å². The quantitative estimate of drug-likeness (QED) is 0.674. The molecule has 92 valence electrons. The van der Waals surface area contributed by atoms with Crippen LogP contribution in [-0.4, -0.2) is 25.2 Å². The zero-order valence-corrected chi connectivity index (χ0v) is 10.4. The summed E-state index contributed by atoms with van der Waals surface area (Å²) in [5.41, 5.74) is 0.555. The highest BCUT2D eigenvalue weighted by molar-refractivity contribution is 5.75. The van der Waals surface area contributed by atoms with E-state index in [9.17, 15) is 4.79 Å². The van der Waals surface area contributed by atoms with Crippen molar-refractivity contribution < 1.29 is 9.53 Å². The molecule has 2 saturated carbocycles. The van der Waals surface area contributed by atoms with E-state index in [-0.39, 0.29) is 12.0 Å². The Morgan fingerprint density at radius 1 is 1.44 bits per heavy atom. The summed E-state index contributed by atoms with van der Waals surface area (Å²) in [5.74, 6) is 0.858. The van der Waals surface area contributed by atoms with Crippen LogP contribution in [0.1, 0.15) is 46.0 Å². The zero-order chi connectivity index (χ0) is 11.6. The van der Waals surface area contributed by atoms with Crippen LogP contribution in [0.25, 0.3) is 0 Å². The molecule has 16 heavy (non-hydrogen) atoms. The first-order valence-corrected chi connectivity index (χ1v) is 6.62. The molecule has 0 radical (unpaired) electrons. The average molecular weight is 225 g/mol. The van der Waals surface area contributed by atoms with Crippen LogP contribution in [0.2, 0.25) is 0 Å². The smallest absolute Gasteiger partial charge is 0.323 e. The Labute approximate surface area is 97.9 Å². The molecule has 3 nitrogen and oxygen atoms in total. The Morgan fingerprint density at radius 2 is 2.12 bits per heavy atom. The Hall–Kier alpha value is -0.570. The van der Waals surface area contributed by atoms with Crippen molar-refractivity contribution in [1.29, 1.82) is 0 Å². The molecule has 0 aromatic rings. The zero-order valence-electron chi connectivity index (χ0n) is 10.4. The third kappa shape index (κ3) is 2.57. The predicted molar refractivity (Wildman–Crippen MR) is 63.1 cm³/mol. The van der Waals surface area contributed by atoms with Crippen molar-refractivity contribution in [2.45, 2.75) is 52.0 Å². The molecule has 0 heterocycles. The van der Waals surface area contributed by atoms with Crippen LogP contribution in [0.5, 0.6) is 0 Å². The summed E-state index contributed by atoms with van der Waals surface area (Å²) in [6.07, 6.45) is 6.32. The van der Waals surface area contributed by atoms with Gasteiger partial charge in [-0.2, -0.15) is 0 Å². The fraction of sp³-hybridized carbons (Fsp3) is 0.923. The summed E-state index contributed by atoms with van der Waals surface area (Å²) in [6, 6.07) is -0.101. The lowest BCUT2D eigenvalue weighted by atomic mass is 10.00. The fourth-order valence-electron chi connectivity index (χ4n) is 2.55. The van der Waals surface area contributed by atoms with Crippen LogP contribution >= 0.6 is 0 Å². The number of esters is 1. The van der Waals surface area contributed by atoms with E-state index < -0.39 is 0 Å².